The molecule has 1 unspecified atom stereocenters. The summed E-state index contributed by atoms with van der Waals surface area (Å²) in [6.45, 7) is 0.906. The normalized spacial score (nSPS) is 15.0. The fourth-order valence-corrected chi connectivity index (χ4v) is 3.98. The number of hydrogen-bond acceptors (Lipinski definition) is 4. The molecular formula is C24H22Cl2N3O. The van der Waals surface area contributed by atoms with Crippen LogP contribution >= 0.6 is 23.2 Å². The van der Waals surface area contributed by atoms with Crippen LogP contribution in [0.25, 0.3) is 11.1 Å². The Morgan fingerprint density at radius 2 is 1.70 bits per heavy atom. The van der Waals surface area contributed by atoms with Crippen molar-refractivity contribution in [2.24, 2.45) is 0 Å². The molecule has 1 heterocycles. The van der Waals surface area contributed by atoms with Crippen molar-refractivity contribution < 1.29 is 5.11 Å². The van der Waals surface area contributed by atoms with E-state index in [2.05, 4.69) is 66.0 Å². The number of anilines is 2. The van der Waals surface area contributed by atoms with Crippen molar-refractivity contribution in [1.29, 1.82) is 0 Å². The Kier molecular flexibility index (Phi) is 5.91. The summed E-state index contributed by atoms with van der Waals surface area (Å²) in [5.41, 5.74) is 6.16. The quantitative estimate of drug-likeness (QED) is 0.435. The molecule has 0 aromatic heterocycles. The Hall–Kier alpha value is -2.66. The second-order valence-corrected chi connectivity index (χ2v) is 8.37. The Labute approximate surface area is 186 Å². The molecule has 1 aliphatic rings. The number of nitrogens with one attached hydrogen (secondary N) is 2. The SMILES string of the molecule is CN(C)Cc1ccc(NC2[C]=CNc3ccc(-c4cc(Cl)c(O)c(Cl)c4)cc32)cc1. The minimum Gasteiger partial charge on any atom is -0.505 e. The molecule has 1 radical (unpaired) electrons. The van der Waals surface area contributed by atoms with E-state index in [9.17, 15) is 5.11 Å². The summed E-state index contributed by atoms with van der Waals surface area (Å²) < 4.78 is 0. The second-order valence-electron chi connectivity index (χ2n) is 7.56. The third-order valence-corrected chi connectivity index (χ3v) is 5.53. The lowest BCUT2D eigenvalue weighted by atomic mass is 9.95. The minimum absolute atomic E-state index is 0.102. The molecule has 0 saturated carbocycles. The highest BCUT2D eigenvalue weighted by Crippen LogP contribution is 2.39. The number of phenolic OH excluding ortho intramolecular Hbond substituents is 1. The molecule has 0 amide bonds. The van der Waals surface area contributed by atoms with Crippen LogP contribution in [0, 0.1) is 6.08 Å². The van der Waals surface area contributed by atoms with Gasteiger partial charge in [0.05, 0.1) is 16.1 Å². The largest absolute Gasteiger partial charge is 0.505 e. The summed E-state index contributed by atoms with van der Waals surface area (Å²) in [5.74, 6) is -0.102. The van der Waals surface area contributed by atoms with E-state index in [1.807, 2.05) is 18.3 Å². The lowest BCUT2D eigenvalue weighted by Crippen LogP contribution is -2.15. The molecule has 0 fully saturated rings. The molecule has 0 spiro atoms. The van der Waals surface area contributed by atoms with Gasteiger partial charge in [0.2, 0.25) is 0 Å². The second kappa shape index (κ2) is 8.60. The van der Waals surface area contributed by atoms with E-state index in [0.29, 0.717) is 0 Å². The molecule has 3 aromatic rings. The number of rotatable bonds is 5. The average Bonchev–Trinajstić information content (AvgIpc) is 2.72. The van der Waals surface area contributed by atoms with Crippen molar-refractivity contribution in [2.75, 3.05) is 24.7 Å². The van der Waals surface area contributed by atoms with Gasteiger partial charge >= 0.3 is 0 Å². The number of phenols is 1. The van der Waals surface area contributed by atoms with Gasteiger partial charge in [-0.2, -0.15) is 0 Å². The Morgan fingerprint density at radius 1 is 1.00 bits per heavy atom. The number of nitrogens with zero attached hydrogens (tertiary/aromatic N) is 1. The zero-order valence-corrected chi connectivity index (χ0v) is 18.2. The van der Waals surface area contributed by atoms with E-state index in [4.69, 9.17) is 23.2 Å². The number of fused-ring (bicyclic) bond motifs is 1. The summed E-state index contributed by atoms with van der Waals surface area (Å²) in [6, 6.07) is 17.9. The van der Waals surface area contributed by atoms with Crippen molar-refractivity contribution in [3.63, 3.8) is 0 Å². The van der Waals surface area contributed by atoms with Gasteiger partial charge in [-0.05, 0) is 67.2 Å². The highest BCUT2D eigenvalue weighted by Gasteiger charge is 2.18. The van der Waals surface area contributed by atoms with E-state index >= 15 is 0 Å². The maximum atomic E-state index is 9.84. The average molecular weight is 439 g/mol. The zero-order chi connectivity index (χ0) is 21.3. The van der Waals surface area contributed by atoms with Gasteiger partial charge in [-0.1, -0.05) is 41.4 Å². The summed E-state index contributed by atoms with van der Waals surface area (Å²) >= 11 is 12.2. The first-order valence-electron chi connectivity index (χ1n) is 9.57. The van der Waals surface area contributed by atoms with Crippen LogP contribution in [0.5, 0.6) is 5.75 Å². The summed E-state index contributed by atoms with van der Waals surface area (Å²) in [6.07, 6.45) is 5.16. The third-order valence-electron chi connectivity index (χ3n) is 4.95. The molecule has 3 aromatic carbocycles. The van der Waals surface area contributed by atoms with Gasteiger partial charge in [0, 0.05) is 35.8 Å². The molecule has 6 heteroatoms. The monoisotopic (exact) mass is 438 g/mol. The highest BCUT2D eigenvalue weighted by atomic mass is 35.5. The Balaban J connectivity index is 1.62. The van der Waals surface area contributed by atoms with E-state index in [-0.39, 0.29) is 21.8 Å². The first-order chi connectivity index (χ1) is 14.4. The van der Waals surface area contributed by atoms with Crippen LogP contribution < -0.4 is 10.6 Å². The van der Waals surface area contributed by atoms with Crippen LogP contribution in [0.15, 0.2) is 60.8 Å². The van der Waals surface area contributed by atoms with Crippen molar-refractivity contribution in [2.45, 2.75) is 12.6 Å². The summed E-state index contributed by atoms with van der Waals surface area (Å²) in [5, 5.41) is 17.1. The van der Waals surface area contributed by atoms with Crippen LogP contribution in [0.1, 0.15) is 17.2 Å². The van der Waals surface area contributed by atoms with Crippen LogP contribution in [0.2, 0.25) is 10.0 Å². The lowest BCUT2D eigenvalue weighted by Gasteiger charge is -2.24. The minimum atomic E-state index is -0.107. The van der Waals surface area contributed by atoms with Crippen molar-refractivity contribution >= 4 is 34.6 Å². The number of hydrogen-bond donors (Lipinski definition) is 3. The maximum Gasteiger partial charge on any atom is 0.152 e. The van der Waals surface area contributed by atoms with Crippen molar-refractivity contribution in [3.05, 3.63) is 88.0 Å². The van der Waals surface area contributed by atoms with Crippen molar-refractivity contribution in [3.8, 4) is 16.9 Å². The molecule has 1 aliphatic heterocycles. The standard InChI is InChI=1S/C24H22Cl2N3O/c1-29(2)14-15-3-6-18(7-4-15)28-23-9-10-27-22-8-5-16(11-19(22)23)17-12-20(25)24(30)21(26)13-17/h3-8,10-13,23,27-28,30H,14H2,1-2H3. The fourth-order valence-electron chi connectivity index (χ4n) is 3.49. The highest BCUT2D eigenvalue weighted by molar-refractivity contribution is 6.37. The maximum absolute atomic E-state index is 9.84. The molecule has 0 aliphatic carbocycles. The van der Waals surface area contributed by atoms with Crippen LogP contribution in [-0.4, -0.2) is 24.1 Å². The molecule has 1 atom stereocenters. The Morgan fingerprint density at radius 3 is 2.37 bits per heavy atom. The molecule has 3 N–H and O–H groups in total. The van der Waals surface area contributed by atoms with Gasteiger partial charge in [0.15, 0.2) is 5.75 Å². The van der Waals surface area contributed by atoms with Gasteiger partial charge in [-0.3, -0.25) is 0 Å². The van der Waals surface area contributed by atoms with Gasteiger partial charge in [-0.15, -0.1) is 0 Å². The van der Waals surface area contributed by atoms with Gasteiger partial charge in [0.25, 0.3) is 0 Å². The number of benzene rings is 3. The molecular weight excluding hydrogens is 417 g/mol. The molecule has 4 nitrogen and oxygen atoms in total. The molecule has 0 bridgehead atoms. The lowest BCUT2D eigenvalue weighted by molar-refractivity contribution is 0.402. The molecule has 0 saturated heterocycles. The van der Waals surface area contributed by atoms with E-state index in [1.165, 1.54) is 5.56 Å². The van der Waals surface area contributed by atoms with Gasteiger partial charge in [-0.25, -0.2) is 0 Å². The Bertz CT molecular complexity index is 1070. The van der Waals surface area contributed by atoms with Crippen molar-refractivity contribution in [1.82, 2.24) is 4.90 Å². The predicted molar refractivity (Wildman–Crippen MR) is 125 cm³/mol. The molecule has 4 rings (SSSR count). The van der Waals surface area contributed by atoms with E-state index in [0.717, 1.165) is 34.6 Å². The first-order valence-corrected chi connectivity index (χ1v) is 10.3. The van der Waals surface area contributed by atoms with Gasteiger partial charge < -0.3 is 20.6 Å². The summed E-state index contributed by atoms with van der Waals surface area (Å²) in [7, 11) is 4.12. The predicted octanol–water partition coefficient (Wildman–Crippen LogP) is 6.32. The topological polar surface area (TPSA) is 47.5 Å². The number of aromatic hydroxyl groups is 1. The third kappa shape index (κ3) is 4.41. The van der Waals surface area contributed by atoms with Crippen LogP contribution in [-0.2, 0) is 6.54 Å². The molecule has 30 heavy (non-hydrogen) atoms. The zero-order valence-electron chi connectivity index (χ0n) is 16.7. The van der Waals surface area contributed by atoms with Gasteiger partial charge in [0.1, 0.15) is 0 Å². The molecule has 153 valence electrons. The first kappa shape index (κ1) is 20.6. The number of halogens is 2. The smallest absolute Gasteiger partial charge is 0.152 e. The van der Waals surface area contributed by atoms with Crippen LogP contribution in [0.3, 0.4) is 0 Å². The fraction of sp³-hybridized carbons (Fsp3) is 0.167. The van der Waals surface area contributed by atoms with E-state index < -0.39 is 0 Å². The van der Waals surface area contributed by atoms with Crippen LogP contribution in [0.4, 0.5) is 11.4 Å². The van der Waals surface area contributed by atoms with E-state index in [1.54, 1.807) is 12.1 Å². The summed E-state index contributed by atoms with van der Waals surface area (Å²) in [4.78, 5) is 2.14.